The summed E-state index contributed by atoms with van der Waals surface area (Å²) in [6, 6.07) is 4.71. The second-order valence-corrected chi connectivity index (χ2v) is 7.23. The van der Waals surface area contributed by atoms with Crippen molar-refractivity contribution in [2.75, 3.05) is 0 Å². The van der Waals surface area contributed by atoms with Crippen molar-refractivity contribution in [1.29, 1.82) is 0 Å². The van der Waals surface area contributed by atoms with Gasteiger partial charge >= 0.3 is 0 Å². The van der Waals surface area contributed by atoms with Crippen molar-refractivity contribution in [3.05, 3.63) is 53.7 Å². The van der Waals surface area contributed by atoms with E-state index in [-0.39, 0.29) is 5.82 Å². The maximum Gasteiger partial charge on any atom is 0.140 e. The Morgan fingerprint density at radius 2 is 2.31 bits per heavy atom. The molecule has 2 aromatic rings. The molecule has 3 N–H and O–H groups in total. The number of aliphatic imine (C=N–C) groups is 1. The maximum absolute atomic E-state index is 13.6. The van der Waals surface area contributed by atoms with Crippen LogP contribution in [0.1, 0.15) is 37.9 Å². The molecule has 0 aliphatic heterocycles. The highest BCUT2D eigenvalue weighted by Gasteiger charge is 2.19. The van der Waals surface area contributed by atoms with Gasteiger partial charge in [0.15, 0.2) is 0 Å². The summed E-state index contributed by atoms with van der Waals surface area (Å²) < 4.78 is 16.3. The first-order valence-corrected chi connectivity index (χ1v) is 9.42. The zero-order chi connectivity index (χ0) is 18.7. The first-order chi connectivity index (χ1) is 12.5. The lowest BCUT2D eigenvalue weighted by Gasteiger charge is -2.22. The van der Waals surface area contributed by atoms with Crippen LogP contribution in [-0.4, -0.2) is 25.3 Å². The minimum absolute atomic E-state index is 0.362. The normalized spacial score (nSPS) is 17.2. The van der Waals surface area contributed by atoms with Crippen molar-refractivity contribution in [3.8, 4) is 11.4 Å². The number of halogens is 2. The molecule has 7 heteroatoms. The van der Waals surface area contributed by atoms with E-state index in [1.807, 2.05) is 10.8 Å². The summed E-state index contributed by atoms with van der Waals surface area (Å²) in [7, 11) is 0. The molecule has 1 aliphatic carbocycles. The van der Waals surface area contributed by atoms with Crippen LogP contribution in [0.2, 0.25) is 0 Å². The lowest BCUT2D eigenvalue weighted by Crippen LogP contribution is -2.18. The van der Waals surface area contributed by atoms with E-state index in [4.69, 9.17) is 5.73 Å². The van der Waals surface area contributed by atoms with Crippen LogP contribution in [0, 0.1) is 5.82 Å². The number of aliphatic hydroxyl groups excluding tert-OH is 1. The summed E-state index contributed by atoms with van der Waals surface area (Å²) in [5.74, 6) is 0.255. The average molecular weight is 421 g/mol. The van der Waals surface area contributed by atoms with Crippen molar-refractivity contribution >= 4 is 20.6 Å². The predicted molar refractivity (Wildman–Crippen MR) is 105 cm³/mol. The number of imidazole rings is 1. The fourth-order valence-electron chi connectivity index (χ4n) is 2.89. The van der Waals surface area contributed by atoms with Crippen molar-refractivity contribution in [2.24, 2.45) is 10.7 Å². The highest BCUT2D eigenvalue weighted by atomic mass is 79.9. The molecule has 0 radical (unpaired) electrons. The lowest BCUT2D eigenvalue weighted by molar-refractivity contribution is 0.199. The smallest absolute Gasteiger partial charge is 0.140 e. The molecule has 1 unspecified atom stereocenters. The van der Waals surface area contributed by atoms with Gasteiger partial charge in [0.05, 0.1) is 18.7 Å². The van der Waals surface area contributed by atoms with Crippen LogP contribution in [0.5, 0.6) is 0 Å². The number of aliphatic hydroxyl groups is 1. The third-order valence-corrected chi connectivity index (χ3v) is 5.31. The Morgan fingerprint density at radius 3 is 2.92 bits per heavy atom. The standard InChI is InChI=1S/C19H22BrFN4O/c1-12(26)17-9-14(21)5-6-16(17)19-23-7-8-25(19)11-13(10-22)18(20)24-15-3-2-4-15/h5-10,12,15,26H,2-4,11,22H2,1H3. The second kappa shape index (κ2) is 8.14. The van der Waals surface area contributed by atoms with Gasteiger partial charge in [-0.15, -0.1) is 0 Å². The topological polar surface area (TPSA) is 76.4 Å². The molecule has 0 amide bonds. The molecule has 3 rings (SSSR count). The fraction of sp³-hybridized carbons (Fsp3) is 0.368. The molecular formula is C19H22BrFN4O. The van der Waals surface area contributed by atoms with Gasteiger partial charge in [0.2, 0.25) is 0 Å². The van der Waals surface area contributed by atoms with Crippen molar-refractivity contribution in [1.82, 2.24) is 9.55 Å². The van der Waals surface area contributed by atoms with E-state index in [1.165, 1.54) is 24.8 Å². The molecule has 1 aromatic carbocycles. The Bertz CT molecular complexity index is 840. The van der Waals surface area contributed by atoms with E-state index in [0.29, 0.717) is 29.5 Å². The maximum atomic E-state index is 13.6. The predicted octanol–water partition coefficient (Wildman–Crippen LogP) is 3.93. The minimum atomic E-state index is -0.803. The van der Waals surface area contributed by atoms with Gasteiger partial charge in [0.1, 0.15) is 16.3 Å². The van der Waals surface area contributed by atoms with E-state index in [2.05, 4.69) is 25.9 Å². The largest absolute Gasteiger partial charge is 0.404 e. The molecule has 1 aromatic heterocycles. The van der Waals surface area contributed by atoms with Gasteiger partial charge in [-0.1, -0.05) is 0 Å². The first-order valence-electron chi connectivity index (χ1n) is 8.63. The number of benzene rings is 1. The molecule has 26 heavy (non-hydrogen) atoms. The molecule has 1 aliphatic rings. The SMILES string of the molecule is CC(O)c1cc(F)ccc1-c1nccn1CC(=CN)C(Br)=NC1CCC1. The van der Waals surface area contributed by atoms with Gasteiger partial charge in [0.25, 0.3) is 0 Å². The number of hydrogen-bond donors (Lipinski definition) is 2. The summed E-state index contributed by atoms with van der Waals surface area (Å²) in [6.07, 6.45) is 7.67. The average Bonchev–Trinajstić information content (AvgIpc) is 3.03. The molecule has 1 atom stereocenters. The number of aromatic nitrogens is 2. The van der Waals surface area contributed by atoms with Gasteiger partial charge < -0.3 is 15.4 Å². The fourth-order valence-corrected chi connectivity index (χ4v) is 3.44. The summed E-state index contributed by atoms with van der Waals surface area (Å²) in [5.41, 5.74) is 7.85. The second-order valence-electron chi connectivity index (χ2n) is 6.48. The van der Waals surface area contributed by atoms with Crippen LogP contribution >= 0.6 is 15.9 Å². The molecule has 1 fully saturated rings. The number of hydrogen-bond acceptors (Lipinski definition) is 4. The van der Waals surface area contributed by atoms with E-state index >= 15 is 0 Å². The lowest BCUT2D eigenvalue weighted by atomic mass is 9.94. The Morgan fingerprint density at radius 1 is 1.54 bits per heavy atom. The van der Waals surface area contributed by atoms with Gasteiger partial charge in [-0.2, -0.15) is 0 Å². The van der Waals surface area contributed by atoms with Gasteiger partial charge in [-0.05, 0) is 65.9 Å². The van der Waals surface area contributed by atoms with Crippen LogP contribution in [0.25, 0.3) is 11.4 Å². The Kier molecular flexibility index (Phi) is 5.88. The zero-order valence-corrected chi connectivity index (χ0v) is 16.2. The van der Waals surface area contributed by atoms with E-state index in [1.54, 1.807) is 19.2 Å². The van der Waals surface area contributed by atoms with Crippen LogP contribution < -0.4 is 5.73 Å². The molecule has 1 heterocycles. The Labute approximate surface area is 160 Å². The minimum Gasteiger partial charge on any atom is -0.404 e. The summed E-state index contributed by atoms with van der Waals surface area (Å²) in [4.78, 5) is 9.06. The summed E-state index contributed by atoms with van der Waals surface area (Å²) >= 11 is 3.53. The monoisotopic (exact) mass is 420 g/mol. The van der Waals surface area contributed by atoms with Crippen LogP contribution in [0.3, 0.4) is 0 Å². The highest BCUT2D eigenvalue weighted by molar-refractivity contribution is 9.18. The first kappa shape index (κ1) is 18.8. The molecule has 5 nitrogen and oxygen atoms in total. The molecule has 0 spiro atoms. The number of allylic oxidation sites excluding steroid dienone is 1. The summed E-state index contributed by atoms with van der Waals surface area (Å²) in [5, 5.41) is 10.0. The van der Waals surface area contributed by atoms with Gasteiger partial charge in [-0.25, -0.2) is 9.37 Å². The number of rotatable bonds is 6. The van der Waals surface area contributed by atoms with Crippen molar-refractivity contribution < 1.29 is 9.50 Å². The third kappa shape index (κ3) is 4.04. The van der Waals surface area contributed by atoms with Crippen LogP contribution in [0.4, 0.5) is 4.39 Å². The zero-order valence-electron chi connectivity index (χ0n) is 14.6. The molecule has 0 saturated heterocycles. The van der Waals surface area contributed by atoms with Crippen LogP contribution in [0.15, 0.2) is 47.4 Å². The molecule has 0 bridgehead atoms. The molecular weight excluding hydrogens is 399 g/mol. The highest BCUT2D eigenvalue weighted by Crippen LogP contribution is 2.29. The Hall–Kier alpha value is -1.99. The summed E-state index contributed by atoms with van der Waals surface area (Å²) in [6.45, 7) is 2.08. The van der Waals surface area contributed by atoms with E-state index < -0.39 is 6.10 Å². The number of nitrogens with zero attached hydrogens (tertiary/aromatic N) is 3. The van der Waals surface area contributed by atoms with Gasteiger partial charge in [-0.3, -0.25) is 4.99 Å². The van der Waals surface area contributed by atoms with E-state index in [0.717, 1.165) is 23.0 Å². The quantitative estimate of drug-likeness (QED) is 0.694. The Balaban J connectivity index is 1.90. The van der Waals surface area contributed by atoms with Crippen molar-refractivity contribution in [3.63, 3.8) is 0 Å². The molecule has 1 saturated carbocycles. The number of nitrogens with two attached hydrogens (primary N) is 1. The van der Waals surface area contributed by atoms with E-state index in [9.17, 15) is 9.50 Å². The van der Waals surface area contributed by atoms with Gasteiger partial charge in [0, 0.05) is 29.7 Å². The van der Waals surface area contributed by atoms with Crippen LogP contribution in [-0.2, 0) is 6.54 Å². The van der Waals surface area contributed by atoms with Crippen molar-refractivity contribution in [2.45, 2.75) is 44.9 Å². The molecule has 138 valence electrons. The third-order valence-electron chi connectivity index (χ3n) is 4.60.